The van der Waals surface area contributed by atoms with Gasteiger partial charge in [-0.15, -0.1) is 0 Å². The van der Waals surface area contributed by atoms with E-state index in [2.05, 4.69) is 20.8 Å². The van der Waals surface area contributed by atoms with Crippen LogP contribution in [0.15, 0.2) is 23.0 Å². The summed E-state index contributed by atoms with van der Waals surface area (Å²) < 4.78 is 1.24. The zero-order valence-corrected chi connectivity index (χ0v) is 10.4. The van der Waals surface area contributed by atoms with Crippen LogP contribution in [-0.2, 0) is 7.05 Å². The zero-order chi connectivity index (χ0) is 14.0. The number of aromatic nitrogens is 3. The molecular weight excluding hydrogens is 250 g/mol. The highest BCUT2D eigenvalue weighted by Gasteiger charge is 2.11. The zero-order valence-electron chi connectivity index (χ0n) is 10.4. The lowest BCUT2D eigenvalue weighted by molar-refractivity contribution is 0.404. The molecule has 2 aromatic rings. The summed E-state index contributed by atoms with van der Waals surface area (Å²) in [6, 6.07) is 4.18. The molecule has 100 valence electrons. The molecule has 1 aromatic carbocycles. The van der Waals surface area contributed by atoms with Crippen LogP contribution in [0.3, 0.4) is 0 Å². The van der Waals surface area contributed by atoms with Crippen molar-refractivity contribution in [1.82, 2.24) is 20.0 Å². The summed E-state index contributed by atoms with van der Waals surface area (Å²) >= 11 is 0. The Labute approximate surface area is 108 Å². The average Bonchev–Trinajstić information content (AvgIpc) is 2.37. The fraction of sp³-hybridized carbons (Fsp3) is 0.182. The van der Waals surface area contributed by atoms with Gasteiger partial charge in [-0.3, -0.25) is 9.99 Å². The summed E-state index contributed by atoms with van der Waals surface area (Å²) in [4.78, 5) is 19.5. The molecule has 4 N–H and O–H groups in total. The predicted octanol–water partition coefficient (Wildman–Crippen LogP) is -0.200. The molecular formula is C11H13N5O3. The van der Waals surface area contributed by atoms with Crippen LogP contribution in [-0.4, -0.2) is 31.8 Å². The Morgan fingerprint density at radius 2 is 1.95 bits per heavy atom. The van der Waals surface area contributed by atoms with Crippen molar-refractivity contribution < 1.29 is 10.2 Å². The van der Waals surface area contributed by atoms with Crippen molar-refractivity contribution in [3.8, 4) is 22.9 Å². The number of nitrogens with zero attached hydrogens (tertiary/aromatic N) is 3. The number of nitrogens with one attached hydrogen (secondary N) is 2. The van der Waals surface area contributed by atoms with Crippen LogP contribution >= 0.6 is 0 Å². The van der Waals surface area contributed by atoms with Gasteiger partial charge in [0, 0.05) is 19.7 Å². The summed E-state index contributed by atoms with van der Waals surface area (Å²) in [6.07, 6.45) is 0. The summed E-state index contributed by atoms with van der Waals surface area (Å²) in [5.41, 5.74) is 5.22. The smallest absolute Gasteiger partial charge is 0.352 e. The number of rotatable bonds is 3. The average molecular weight is 263 g/mol. The lowest BCUT2D eigenvalue weighted by atomic mass is 10.2. The van der Waals surface area contributed by atoms with Gasteiger partial charge in [0.25, 0.3) is 0 Å². The van der Waals surface area contributed by atoms with Crippen LogP contribution in [0.5, 0.6) is 11.5 Å². The highest BCUT2D eigenvalue weighted by Crippen LogP contribution is 2.29. The van der Waals surface area contributed by atoms with E-state index in [0.717, 1.165) is 0 Å². The second-order valence-electron chi connectivity index (χ2n) is 3.79. The standard InChI is InChI=1S/C11H13N5O3/c1-12-15-10-13-9(16(2)11(19)14-10)6-3-4-7(17)8(18)5-6/h3-5,12,17-18H,1-2H3,(H,14,15,19). The Morgan fingerprint density at radius 3 is 2.58 bits per heavy atom. The van der Waals surface area contributed by atoms with Gasteiger partial charge in [-0.1, -0.05) is 0 Å². The summed E-state index contributed by atoms with van der Waals surface area (Å²) in [7, 11) is 3.14. The van der Waals surface area contributed by atoms with Gasteiger partial charge >= 0.3 is 5.69 Å². The van der Waals surface area contributed by atoms with Crippen LogP contribution in [0.2, 0.25) is 0 Å². The van der Waals surface area contributed by atoms with Gasteiger partial charge in [-0.05, 0) is 18.2 Å². The minimum atomic E-state index is -0.490. The molecule has 0 saturated carbocycles. The van der Waals surface area contributed by atoms with Crippen LogP contribution in [0.4, 0.5) is 5.95 Å². The second kappa shape index (κ2) is 4.94. The number of anilines is 1. The fourth-order valence-corrected chi connectivity index (χ4v) is 1.54. The maximum atomic E-state index is 11.7. The number of phenolic OH excluding ortho intramolecular Hbond substituents is 2. The van der Waals surface area contributed by atoms with Gasteiger partial charge in [0.1, 0.15) is 5.82 Å². The predicted molar refractivity (Wildman–Crippen MR) is 68.7 cm³/mol. The van der Waals surface area contributed by atoms with E-state index in [1.54, 1.807) is 13.1 Å². The van der Waals surface area contributed by atoms with Crippen molar-refractivity contribution in [3.63, 3.8) is 0 Å². The van der Waals surface area contributed by atoms with Crippen LogP contribution in [0.25, 0.3) is 11.4 Å². The molecule has 0 aliphatic carbocycles. The molecule has 2 rings (SSSR count). The SMILES string of the molecule is CNNc1nc(-c2ccc(O)c(O)c2)n(C)c(=O)n1. The quantitative estimate of drug-likeness (QED) is 0.448. The van der Waals surface area contributed by atoms with Crippen molar-refractivity contribution in [1.29, 1.82) is 0 Å². The molecule has 1 aromatic heterocycles. The highest BCUT2D eigenvalue weighted by molar-refractivity contribution is 5.61. The number of hydrogen-bond donors (Lipinski definition) is 4. The fourth-order valence-electron chi connectivity index (χ4n) is 1.54. The Hall–Kier alpha value is -2.61. The number of benzene rings is 1. The number of hydrogen-bond acceptors (Lipinski definition) is 7. The Balaban J connectivity index is 2.60. The van der Waals surface area contributed by atoms with Gasteiger partial charge in [-0.2, -0.15) is 9.97 Å². The normalized spacial score (nSPS) is 10.4. The van der Waals surface area contributed by atoms with E-state index in [1.807, 2.05) is 0 Å². The minimum Gasteiger partial charge on any atom is -0.504 e. The van der Waals surface area contributed by atoms with Crippen molar-refractivity contribution in [2.75, 3.05) is 12.5 Å². The van der Waals surface area contributed by atoms with E-state index < -0.39 is 5.69 Å². The van der Waals surface area contributed by atoms with Gasteiger partial charge in [0.2, 0.25) is 5.95 Å². The molecule has 0 amide bonds. The first-order valence-electron chi connectivity index (χ1n) is 5.43. The molecule has 0 unspecified atom stereocenters. The van der Waals surface area contributed by atoms with Gasteiger partial charge in [0.15, 0.2) is 11.5 Å². The third kappa shape index (κ3) is 2.47. The van der Waals surface area contributed by atoms with Crippen LogP contribution in [0, 0.1) is 0 Å². The number of phenols is 2. The molecule has 0 fully saturated rings. The third-order valence-corrected chi connectivity index (χ3v) is 2.49. The van der Waals surface area contributed by atoms with Gasteiger partial charge in [-0.25, -0.2) is 10.2 Å². The maximum absolute atomic E-state index is 11.7. The molecule has 0 aliphatic heterocycles. The molecule has 0 radical (unpaired) electrons. The molecule has 0 saturated heterocycles. The largest absolute Gasteiger partial charge is 0.504 e. The van der Waals surface area contributed by atoms with Crippen molar-refractivity contribution in [2.45, 2.75) is 0 Å². The van der Waals surface area contributed by atoms with Crippen molar-refractivity contribution in [2.24, 2.45) is 7.05 Å². The molecule has 0 bridgehead atoms. The lowest BCUT2D eigenvalue weighted by Gasteiger charge is -2.10. The van der Waals surface area contributed by atoms with E-state index in [4.69, 9.17) is 0 Å². The Morgan fingerprint density at radius 1 is 1.21 bits per heavy atom. The van der Waals surface area contributed by atoms with E-state index >= 15 is 0 Å². The second-order valence-corrected chi connectivity index (χ2v) is 3.79. The van der Waals surface area contributed by atoms with E-state index in [0.29, 0.717) is 11.4 Å². The van der Waals surface area contributed by atoms with Gasteiger partial charge in [0.05, 0.1) is 0 Å². The van der Waals surface area contributed by atoms with E-state index in [9.17, 15) is 15.0 Å². The maximum Gasteiger partial charge on any atom is 0.352 e. The minimum absolute atomic E-state index is 0.119. The molecule has 1 heterocycles. The summed E-state index contributed by atoms with van der Waals surface area (Å²) in [6.45, 7) is 0. The lowest BCUT2D eigenvalue weighted by Crippen LogP contribution is -2.27. The number of hydrazine groups is 1. The Kier molecular flexibility index (Phi) is 3.34. The van der Waals surface area contributed by atoms with Crippen LogP contribution < -0.4 is 16.5 Å². The van der Waals surface area contributed by atoms with Crippen LogP contribution in [0.1, 0.15) is 0 Å². The summed E-state index contributed by atoms with van der Waals surface area (Å²) in [5.74, 6) is -0.0933. The van der Waals surface area contributed by atoms with E-state index in [-0.39, 0.29) is 17.4 Å². The first-order chi connectivity index (χ1) is 9.02. The molecule has 0 aliphatic rings. The van der Waals surface area contributed by atoms with E-state index in [1.165, 1.54) is 23.7 Å². The molecule has 19 heavy (non-hydrogen) atoms. The van der Waals surface area contributed by atoms with Gasteiger partial charge < -0.3 is 10.2 Å². The topological polar surface area (TPSA) is 112 Å². The molecule has 0 atom stereocenters. The number of aromatic hydroxyl groups is 2. The Bertz CT molecular complexity index is 668. The monoisotopic (exact) mass is 263 g/mol. The highest BCUT2D eigenvalue weighted by atomic mass is 16.3. The molecule has 0 spiro atoms. The molecule has 8 nitrogen and oxygen atoms in total. The van der Waals surface area contributed by atoms with Crippen molar-refractivity contribution >= 4 is 5.95 Å². The third-order valence-electron chi connectivity index (χ3n) is 2.49. The first-order valence-corrected chi connectivity index (χ1v) is 5.43. The van der Waals surface area contributed by atoms with Crippen molar-refractivity contribution in [3.05, 3.63) is 28.7 Å². The first kappa shape index (κ1) is 12.8. The summed E-state index contributed by atoms with van der Waals surface area (Å²) in [5, 5.41) is 18.8. The molecule has 8 heteroatoms.